The highest BCUT2D eigenvalue weighted by Crippen LogP contribution is 2.30. The third kappa shape index (κ3) is 6.32. The number of carbonyl (C=O) groups excluding carboxylic acids is 2. The minimum absolute atomic E-state index is 0.0354. The van der Waals surface area contributed by atoms with E-state index in [1.165, 1.54) is 18.2 Å². The van der Waals surface area contributed by atoms with Gasteiger partial charge in [0.1, 0.15) is 0 Å². The van der Waals surface area contributed by atoms with Crippen molar-refractivity contribution in [1.29, 1.82) is 0 Å². The number of sulfone groups is 1. The SMILES string of the molecule is O=C(/C=C/c1cccc(C(F)(F)F)c1)OCC(=O)N(C1CCCC1)C1CCS(=O)(=O)C1. The molecule has 0 radical (unpaired) electrons. The van der Waals surface area contributed by atoms with Crippen molar-refractivity contribution in [2.75, 3.05) is 18.1 Å². The van der Waals surface area contributed by atoms with Crippen LogP contribution in [0, 0.1) is 0 Å². The van der Waals surface area contributed by atoms with Crippen LogP contribution in [0.4, 0.5) is 13.2 Å². The van der Waals surface area contributed by atoms with Gasteiger partial charge in [0.05, 0.1) is 17.1 Å². The number of hydrogen-bond acceptors (Lipinski definition) is 5. The van der Waals surface area contributed by atoms with E-state index >= 15 is 0 Å². The number of rotatable bonds is 6. The summed E-state index contributed by atoms with van der Waals surface area (Å²) in [6, 6.07) is 3.98. The highest BCUT2D eigenvalue weighted by Gasteiger charge is 2.39. The second-order valence-electron chi connectivity index (χ2n) is 7.86. The summed E-state index contributed by atoms with van der Waals surface area (Å²) in [7, 11) is -3.18. The van der Waals surface area contributed by atoms with E-state index in [1.54, 1.807) is 4.90 Å². The molecule has 2 fully saturated rings. The molecule has 1 atom stereocenters. The zero-order chi connectivity index (χ0) is 22.6. The van der Waals surface area contributed by atoms with Gasteiger partial charge in [-0.3, -0.25) is 4.79 Å². The molecule has 1 aliphatic carbocycles. The van der Waals surface area contributed by atoms with Gasteiger partial charge in [-0.15, -0.1) is 0 Å². The first-order valence-electron chi connectivity index (χ1n) is 10.1. The third-order valence-electron chi connectivity index (χ3n) is 5.57. The summed E-state index contributed by atoms with van der Waals surface area (Å²) in [5.74, 6) is -1.36. The average molecular weight is 459 g/mol. The number of benzene rings is 1. The van der Waals surface area contributed by atoms with Gasteiger partial charge >= 0.3 is 12.1 Å². The van der Waals surface area contributed by atoms with E-state index in [4.69, 9.17) is 4.74 Å². The van der Waals surface area contributed by atoms with E-state index in [1.807, 2.05) is 0 Å². The molecule has 2 aliphatic rings. The molecule has 31 heavy (non-hydrogen) atoms. The van der Waals surface area contributed by atoms with Crippen LogP contribution in [-0.4, -0.2) is 55.4 Å². The van der Waals surface area contributed by atoms with E-state index in [0.717, 1.165) is 43.9 Å². The second kappa shape index (κ2) is 9.42. The molecule has 1 aromatic carbocycles. The molecule has 0 spiro atoms. The van der Waals surface area contributed by atoms with Crippen molar-refractivity contribution in [2.45, 2.75) is 50.4 Å². The summed E-state index contributed by atoms with van der Waals surface area (Å²) in [5.41, 5.74) is -0.668. The average Bonchev–Trinajstić information content (AvgIpc) is 3.34. The van der Waals surface area contributed by atoms with E-state index in [2.05, 4.69) is 0 Å². The molecule has 6 nitrogen and oxygen atoms in total. The van der Waals surface area contributed by atoms with Crippen LogP contribution in [0.5, 0.6) is 0 Å². The lowest BCUT2D eigenvalue weighted by Gasteiger charge is -2.33. The Bertz CT molecular complexity index is 952. The largest absolute Gasteiger partial charge is 0.452 e. The quantitative estimate of drug-likeness (QED) is 0.482. The number of hydrogen-bond donors (Lipinski definition) is 0. The Morgan fingerprint density at radius 1 is 1.13 bits per heavy atom. The van der Waals surface area contributed by atoms with Gasteiger partial charge in [-0.25, -0.2) is 13.2 Å². The Balaban J connectivity index is 1.60. The minimum Gasteiger partial charge on any atom is -0.452 e. The summed E-state index contributed by atoms with van der Waals surface area (Å²) in [5, 5.41) is 0. The monoisotopic (exact) mass is 459 g/mol. The molecule has 0 bridgehead atoms. The van der Waals surface area contributed by atoms with E-state index in [-0.39, 0.29) is 23.1 Å². The van der Waals surface area contributed by atoms with Crippen molar-refractivity contribution in [2.24, 2.45) is 0 Å². The van der Waals surface area contributed by atoms with E-state index in [0.29, 0.717) is 6.42 Å². The van der Waals surface area contributed by atoms with Crippen molar-refractivity contribution in [3.8, 4) is 0 Å². The summed E-state index contributed by atoms with van der Waals surface area (Å²) >= 11 is 0. The summed E-state index contributed by atoms with van der Waals surface area (Å²) in [6.45, 7) is -0.543. The van der Waals surface area contributed by atoms with Crippen LogP contribution in [0.25, 0.3) is 6.08 Å². The molecule has 1 aliphatic heterocycles. The van der Waals surface area contributed by atoms with Gasteiger partial charge in [0.2, 0.25) is 0 Å². The lowest BCUT2D eigenvalue weighted by Crippen LogP contribution is -2.48. The number of carbonyl (C=O) groups is 2. The molecule has 3 rings (SSSR count). The Morgan fingerprint density at radius 3 is 2.45 bits per heavy atom. The topological polar surface area (TPSA) is 80.8 Å². The van der Waals surface area contributed by atoms with Crippen molar-refractivity contribution in [1.82, 2.24) is 4.90 Å². The number of nitrogens with zero attached hydrogens (tertiary/aromatic N) is 1. The highest BCUT2D eigenvalue weighted by atomic mass is 32.2. The molecular weight excluding hydrogens is 435 g/mol. The first-order chi connectivity index (χ1) is 14.5. The van der Waals surface area contributed by atoms with Crippen LogP contribution in [0.1, 0.15) is 43.2 Å². The normalized spacial score (nSPS) is 21.5. The molecule has 10 heteroatoms. The van der Waals surface area contributed by atoms with Gasteiger partial charge in [-0.1, -0.05) is 25.0 Å². The fourth-order valence-corrected chi connectivity index (χ4v) is 5.83. The summed E-state index contributed by atoms with van der Waals surface area (Å²) in [4.78, 5) is 26.3. The fourth-order valence-electron chi connectivity index (χ4n) is 4.12. The van der Waals surface area contributed by atoms with Crippen LogP contribution in [0.15, 0.2) is 30.3 Å². The van der Waals surface area contributed by atoms with Crippen molar-refractivity contribution < 1.29 is 35.9 Å². The first-order valence-corrected chi connectivity index (χ1v) is 11.9. The standard InChI is InChI=1S/C21H24F3NO5S/c22-21(23,24)16-5-3-4-15(12-16)8-9-20(27)30-13-19(26)25(17-6-1-2-7-17)18-10-11-31(28,29)14-18/h3-5,8-9,12,17-18H,1-2,6-7,10-11,13-14H2/b9-8+. The first kappa shape index (κ1) is 23.3. The van der Waals surface area contributed by atoms with Crippen LogP contribution >= 0.6 is 0 Å². The van der Waals surface area contributed by atoms with Gasteiger partial charge in [0.25, 0.3) is 5.91 Å². The van der Waals surface area contributed by atoms with Crippen LogP contribution in [0.3, 0.4) is 0 Å². The summed E-state index contributed by atoms with van der Waals surface area (Å²) in [6.07, 6.45) is 1.49. The van der Waals surface area contributed by atoms with Crippen LogP contribution in [-0.2, 0) is 30.3 Å². The third-order valence-corrected chi connectivity index (χ3v) is 7.32. The molecule has 170 valence electrons. The number of esters is 1. The molecular formula is C21H24F3NO5S. The maximum absolute atomic E-state index is 12.8. The van der Waals surface area contributed by atoms with Gasteiger partial charge in [0, 0.05) is 18.2 Å². The number of amides is 1. The van der Waals surface area contributed by atoms with Crippen LogP contribution in [0.2, 0.25) is 0 Å². The Morgan fingerprint density at radius 2 is 1.84 bits per heavy atom. The maximum Gasteiger partial charge on any atom is 0.416 e. The lowest BCUT2D eigenvalue weighted by atomic mass is 10.1. The Labute approximate surface area is 179 Å². The predicted octanol–water partition coefficient (Wildman–Crippen LogP) is 3.22. The molecule has 1 unspecified atom stereocenters. The van der Waals surface area contributed by atoms with Crippen molar-refractivity contribution >= 4 is 27.8 Å². The molecule has 0 N–H and O–H groups in total. The molecule has 1 saturated heterocycles. The number of ether oxygens (including phenoxy) is 1. The lowest BCUT2D eigenvalue weighted by molar-refractivity contribution is -0.150. The number of halogens is 3. The Kier molecular flexibility index (Phi) is 7.08. The van der Waals surface area contributed by atoms with Gasteiger partial charge in [-0.2, -0.15) is 13.2 Å². The molecule has 1 saturated carbocycles. The zero-order valence-electron chi connectivity index (χ0n) is 16.8. The minimum atomic E-state index is -4.49. The van der Waals surface area contributed by atoms with Gasteiger partial charge in [-0.05, 0) is 43.0 Å². The Hall–Kier alpha value is -2.36. The fraction of sp³-hybridized carbons (Fsp3) is 0.524. The highest BCUT2D eigenvalue weighted by molar-refractivity contribution is 7.91. The van der Waals surface area contributed by atoms with Crippen molar-refractivity contribution in [3.63, 3.8) is 0 Å². The zero-order valence-corrected chi connectivity index (χ0v) is 17.6. The van der Waals surface area contributed by atoms with E-state index in [9.17, 15) is 31.2 Å². The molecule has 1 amide bonds. The molecule has 1 heterocycles. The second-order valence-corrected chi connectivity index (χ2v) is 10.1. The van der Waals surface area contributed by atoms with Gasteiger partial charge in [0.15, 0.2) is 16.4 Å². The molecule has 1 aromatic rings. The van der Waals surface area contributed by atoms with Crippen LogP contribution < -0.4 is 0 Å². The smallest absolute Gasteiger partial charge is 0.416 e. The van der Waals surface area contributed by atoms with Crippen molar-refractivity contribution in [3.05, 3.63) is 41.5 Å². The summed E-state index contributed by atoms with van der Waals surface area (Å²) < 4.78 is 67.0. The molecule has 0 aromatic heterocycles. The number of alkyl halides is 3. The van der Waals surface area contributed by atoms with Gasteiger partial charge < -0.3 is 9.64 Å². The maximum atomic E-state index is 12.8. The predicted molar refractivity (Wildman–Crippen MR) is 108 cm³/mol. The van der Waals surface area contributed by atoms with E-state index < -0.39 is 46.1 Å².